The van der Waals surface area contributed by atoms with Crippen molar-refractivity contribution >= 4 is 69.4 Å². The van der Waals surface area contributed by atoms with Gasteiger partial charge in [-0.05, 0) is 167 Å². The minimum Gasteiger partial charge on any atom is -0.461 e. The molecule has 5 aromatic rings. The topological polar surface area (TPSA) is 412 Å². The van der Waals surface area contributed by atoms with Gasteiger partial charge >= 0.3 is 12.1 Å². The van der Waals surface area contributed by atoms with Crippen LogP contribution in [0.2, 0.25) is 0 Å². The lowest BCUT2D eigenvalue weighted by molar-refractivity contribution is -0.265. The van der Waals surface area contributed by atoms with Crippen LogP contribution in [0.3, 0.4) is 0 Å². The van der Waals surface area contributed by atoms with Crippen molar-refractivity contribution < 1.29 is 110 Å². The van der Waals surface area contributed by atoms with Crippen LogP contribution in [-0.2, 0) is 110 Å². The van der Waals surface area contributed by atoms with Gasteiger partial charge in [0, 0.05) is 71.3 Å². The zero-order chi connectivity index (χ0) is 90.1. The van der Waals surface area contributed by atoms with Crippen molar-refractivity contribution in [2.75, 3.05) is 158 Å². The van der Waals surface area contributed by atoms with E-state index in [0.717, 1.165) is 28.7 Å². The number of alkyl carbamates (subject to hydrolysis) is 1. The summed E-state index contributed by atoms with van der Waals surface area (Å²) in [4.78, 5) is 100. The Labute approximate surface area is 739 Å². The summed E-state index contributed by atoms with van der Waals surface area (Å²) in [5, 5.41) is 32.2. The average molecular weight is 1760 g/mol. The number of nitrogens with zero attached hydrogens (tertiary/aromatic N) is 7. The highest BCUT2D eigenvalue weighted by molar-refractivity contribution is 6.39. The van der Waals surface area contributed by atoms with E-state index in [9.17, 15) is 39.0 Å². The van der Waals surface area contributed by atoms with Crippen molar-refractivity contribution in [3.63, 3.8) is 0 Å². The number of piperidine rings is 1. The number of hydrogen-bond donors (Lipinski definition) is 5. The molecule has 7 heterocycles. The van der Waals surface area contributed by atoms with Crippen LogP contribution in [0.4, 0.5) is 16.6 Å². The van der Waals surface area contributed by atoms with E-state index in [0.29, 0.717) is 235 Å². The number of nitrogens with one attached hydrogen (secondary N) is 1. The quantitative estimate of drug-likeness (QED) is 0.0107. The van der Waals surface area contributed by atoms with Gasteiger partial charge in [0.15, 0.2) is 17.0 Å². The fourth-order valence-electron chi connectivity index (χ4n) is 17.3. The van der Waals surface area contributed by atoms with Crippen LogP contribution in [0, 0.1) is 35.5 Å². The van der Waals surface area contributed by atoms with Crippen LogP contribution >= 0.6 is 0 Å². The number of esters is 1. The number of aliphatic hydroxyl groups is 2. The maximum absolute atomic E-state index is 14.8. The van der Waals surface area contributed by atoms with E-state index in [1.165, 1.54) is 23.9 Å². The van der Waals surface area contributed by atoms with Gasteiger partial charge in [0.2, 0.25) is 11.7 Å². The molecule has 3 amide bonds. The first-order chi connectivity index (χ1) is 60.9. The Kier molecular flexibility index (Phi) is 40.3. The second kappa shape index (κ2) is 51.0. The van der Waals surface area contributed by atoms with Crippen molar-refractivity contribution in [1.29, 1.82) is 0 Å². The summed E-state index contributed by atoms with van der Waals surface area (Å²) in [6.45, 7) is 21.2. The third kappa shape index (κ3) is 29.2. The maximum Gasteiger partial charge on any atom is 0.407 e. The van der Waals surface area contributed by atoms with Gasteiger partial charge in [0.25, 0.3) is 17.7 Å². The van der Waals surface area contributed by atoms with E-state index in [1.54, 1.807) is 34.1 Å². The first-order valence-corrected chi connectivity index (χ1v) is 44.9. The number of fused-ring (bicyclic) bond motifs is 6. The zero-order valence-electron chi connectivity index (χ0n) is 75.3. The molecular weight excluding hydrogens is 1630 g/mol. The standard InChI is InChI=1S/C93H136N10O23/c1-60-16-12-11-13-17-62(3)78(112-8)56-72-25-20-66(7)93(111,126-72)86(107)89(108)102-32-15-14-18-74(102)90(109)123-75(26-19-61(2)51-65(6)84(106)85(114-10)83(105)64(5)50-60)63(4)52-67-22-27-77(79(54-67)113-9)125-92(110)96-31-35-116-37-39-118-41-43-120-45-47-122-49-48-121-46-44-119-42-40-117-38-36-115-34-30-80(104)101-33-29-69-53-68(21-23-71(69)58-101)57-103-88-81(87(94)97-59-98-88)82(100-103)70-24-28-76-73(55-70)99-91(95)124-76/h11-13,16-17,21,23-24,28,51,53,55,59-61,63-64,66-67,72,74-75,77-79,84-85,106,111H,14-15,18-20,22,25-27,29-50,52,54,56-58H2,1-10H3,(H2,95,99)(H,96,110)(H2,94,97,98)/b13-11?,16-12+,62-17?,65-51+/t60-,61+,63-,64-,66-,67+,72+,74+,75+,77-,78+,79-,84-,85+,93-/m1/s1. The van der Waals surface area contributed by atoms with E-state index in [2.05, 4.69) is 38.5 Å². The molecule has 10 rings (SSSR count). The molecule has 2 aromatic carbocycles. The molecule has 2 bridgehead atoms. The van der Waals surface area contributed by atoms with Gasteiger partial charge in [-0.15, -0.1) is 0 Å². The van der Waals surface area contributed by atoms with Gasteiger partial charge in [0.05, 0.1) is 142 Å². The highest BCUT2D eigenvalue weighted by Gasteiger charge is 2.53. The Hall–Kier alpha value is -8.52. The number of benzene rings is 2. The predicted octanol–water partition coefficient (Wildman–Crippen LogP) is 10.0. The van der Waals surface area contributed by atoms with Gasteiger partial charge < -0.3 is 108 Å². The lowest BCUT2D eigenvalue weighted by Crippen LogP contribution is -2.61. The molecule has 0 unspecified atom stereocenters. The number of hydrogen-bond acceptors (Lipinski definition) is 29. The van der Waals surface area contributed by atoms with Gasteiger partial charge in [-0.3, -0.25) is 19.2 Å². The minimum atomic E-state index is -2.43. The molecule has 33 nitrogen and oxygen atoms in total. The number of amides is 3. The molecule has 7 N–H and O–H groups in total. The van der Waals surface area contributed by atoms with Crippen LogP contribution in [0.15, 0.2) is 94.7 Å². The molecule has 15 atom stereocenters. The molecule has 1 saturated carbocycles. The molecule has 126 heavy (non-hydrogen) atoms. The number of carbonyl (C=O) groups is 6. The van der Waals surface area contributed by atoms with Crippen molar-refractivity contribution in [2.45, 2.75) is 212 Å². The fraction of sp³-hybridized carbons (Fsp3) is 0.656. The van der Waals surface area contributed by atoms with Crippen LogP contribution < -0.4 is 16.8 Å². The molecule has 33 heteroatoms. The molecule has 3 aromatic heterocycles. The number of carbonyl (C=O) groups excluding carboxylic acids is 6. The Morgan fingerprint density at radius 1 is 0.690 bits per heavy atom. The van der Waals surface area contributed by atoms with Gasteiger partial charge in [-0.1, -0.05) is 89.3 Å². The SMILES string of the molecule is CO[C@H]1C[C@@H]2CC[C@@H](C)[C@@](O)(O2)C(=O)C(=O)N2CCCC[C@H]2C(=O)O[C@H]([C@H](C)C[C@@H]2CC[C@@H](OC(=O)NCCOCCOCCOCCOCCOCCOCCOCCOCCC(=O)N3CCc4cc(Cn5nc(-c6ccc7oc(N)nc7c6)c6c(N)ncnc65)ccc4C3)[C@H](OC)C2)CC[C@H](C)/C=C(\C)[C@@H](O)[C@@H](OC)C(=O)[C@H](C)C[C@H](C)/C=C/C=CC=C1C. The molecule has 3 fully saturated rings. The van der Waals surface area contributed by atoms with Crippen molar-refractivity contribution in [3.8, 4) is 11.3 Å². The molecule has 0 spiro atoms. The number of nitrogen functional groups attached to an aromatic ring is 2. The van der Waals surface area contributed by atoms with E-state index in [4.69, 9.17) is 87.3 Å². The number of cyclic esters (lactones) is 1. The second-order valence-electron chi connectivity index (χ2n) is 34.0. The molecule has 5 aliphatic rings. The zero-order valence-corrected chi connectivity index (χ0v) is 75.3. The summed E-state index contributed by atoms with van der Waals surface area (Å²) in [6.07, 6.45) is 15.1. The van der Waals surface area contributed by atoms with E-state index < -0.39 is 90.1 Å². The van der Waals surface area contributed by atoms with Crippen LogP contribution in [0.1, 0.15) is 155 Å². The van der Waals surface area contributed by atoms with E-state index >= 15 is 0 Å². The molecule has 2 saturated heterocycles. The van der Waals surface area contributed by atoms with Crippen molar-refractivity contribution in [2.24, 2.45) is 35.5 Å². The smallest absolute Gasteiger partial charge is 0.407 e. The third-order valence-corrected chi connectivity index (χ3v) is 24.5. The lowest BCUT2D eigenvalue weighted by atomic mass is 9.78. The first-order valence-electron chi connectivity index (χ1n) is 44.9. The molecule has 0 radical (unpaired) electrons. The Bertz CT molecular complexity index is 4420. The number of anilines is 2. The molecular formula is C93H136N10O23. The summed E-state index contributed by atoms with van der Waals surface area (Å²) < 4.78 is 88.7. The second-order valence-corrected chi connectivity index (χ2v) is 34.0. The summed E-state index contributed by atoms with van der Waals surface area (Å²) >= 11 is 0. The van der Waals surface area contributed by atoms with E-state index in [-0.39, 0.29) is 73.9 Å². The largest absolute Gasteiger partial charge is 0.461 e. The summed E-state index contributed by atoms with van der Waals surface area (Å²) in [5.74, 6) is -6.38. The summed E-state index contributed by atoms with van der Waals surface area (Å²) in [7, 11) is 4.61. The number of ether oxygens (including phenoxy) is 14. The molecule has 4 aliphatic heterocycles. The monoisotopic (exact) mass is 1760 g/mol. The Morgan fingerprint density at radius 3 is 2.05 bits per heavy atom. The number of rotatable bonds is 37. The normalized spacial score (nSPS) is 26.4. The van der Waals surface area contributed by atoms with Gasteiger partial charge in [-0.2, -0.15) is 10.1 Å². The average Bonchev–Trinajstić information content (AvgIpc) is 1.01. The summed E-state index contributed by atoms with van der Waals surface area (Å²) in [6, 6.07) is 10.8. The van der Waals surface area contributed by atoms with Crippen molar-refractivity contribution in [3.05, 3.63) is 107 Å². The van der Waals surface area contributed by atoms with Gasteiger partial charge in [-0.25, -0.2) is 24.2 Å². The van der Waals surface area contributed by atoms with Crippen LogP contribution in [-0.4, -0.2) is 281 Å². The number of methoxy groups -OCH3 is 3. The first kappa shape index (κ1) is 99.6. The number of aromatic nitrogens is 5. The van der Waals surface area contributed by atoms with Crippen LogP contribution in [0.5, 0.6) is 0 Å². The minimum absolute atomic E-state index is 0.0292. The molecule has 1 aliphatic carbocycles. The number of ketones is 2. The number of aliphatic hydroxyl groups excluding tert-OH is 1. The molecule has 696 valence electrons. The fourth-order valence-corrected chi connectivity index (χ4v) is 17.3. The van der Waals surface area contributed by atoms with Crippen molar-refractivity contribution in [1.82, 2.24) is 39.8 Å². The third-order valence-electron chi connectivity index (χ3n) is 24.5. The van der Waals surface area contributed by atoms with E-state index in [1.807, 2.05) is 92.8 Å². The summed E-state index contributed by atoms with van der Waals surface area (Å²) in [5.41, 5.74) is 20.2. The highest BCUT2D eigenvalue weighted by Crippen LogP contribution is 2.40. The number of nitrogens with two attached hydrogens (primary N) is 2. The maximum atomic E-state index is 14.8. The number of oxazole rings is 1. The number of allylic oxidation sites excluding steroid dienone is 6. The highest BCUT2D eigenvalue weighted by atomic mass is 16.6. The number of Topliss-reactive ketones (excluding diaryl/α,β-unsaturated/α-hetero) is 2. The lowest BCUT2D eigenvalue weighted by Gasteiger charge is -2.42. The Morgan fingerprint density at radius 2 is 1.37 bits per heavy atom. The predicted molar refractivity (Wildman–Crippen MR) is 470 cm³/mol. The van der Waals surface area contributed by atoms with Crippen LogP contribution in [0.25, 0.3) is 33.4 Å². The van der Waals surface area contributed by atoms with Gasteiger partial charge in [0.1, 0.15) is 53.8 Å². The Balaban J connectivity index is 0.547.